The maximum Gasteiger partial charge on any atom is 2.00 e. The molecular formula is C26H52CuN2S4. The summed E-state index contributed by atoms with van der Waals surface area (Å²) in [5, 5.41) is 6.03. The van der Waals surface area contributed by atoms with Gasteiger partial charge in [0.2, 0.25) is 0 Å². The van der Waals surface area contributed by atoms with Crippen molar-refractivity contribution in [3.63, 3.8) is 0 Å². The molecule has 0 heterocycles. The van der Waals surface area contributed by atoms with Gasteiger partial charge in [-0.05, 0) is 12.8 Å². The second kappa shape index (κ2) is 34.9. The maximum atomic E-state index is 4.77. The first-order valence-corrected chi connectivity index (χ1v) is 15.1. The average Bonchev–Trinajstić information content (AvgIpc) is 2.76. The minimum Gasteiger partial charge on any atom is -0.412 e. The van der Waals surface area contributed by atoms with E-state index in [-0.39, 0.29) is 17.1 Å². The Morgan fingerprint density at radius 3 is 0.879 bits per heavy atom. The predicted molar refractivity (Wildman–Crippen MR) is 160 cm³/mol. The van der Waals surface area contributed by atoms with Gasteiger partial charge in [0, 0.05) is 13.1 Å². The van der Waals surface area contributed by atoms with Crippen LogP contribution in [0.1, 0.15) is 142 Å². The van der Waals surface area contributed by atoms with Crippen LogP contribution >= 0.6 is 24.4 Å². The van der Waals surface area contributed by atoms with Gasteiger partial charge in [0.15, 0.2) is 0 Å². The van der Waals surface area contributed by atoms with E-state index < -0.39 is 0 Å². The van der Waals surface area contributed by atoms with E-state index in [2.05, 4.69) is 24.5 Å². The summed E-state index contributed by atoms with van der Waals surface area (Å²) in [4.78, 5) is 0. The largest absolute Gasteiger partial charge is 2.00 e. The first-order valence-electron chi connectivity index (χ1n) is 13.4. The average molecular weight is 585 g/mol. The van der Waals surface area contributed by atoms with Crippen LogP contribution < -0.4 is 10.6 Å². The molecule has 0 aromatic heterocycles. The second-order valence-electron chi connectivity index (χ2n) is 8.79. The first kappa shape index (κ1) is 38.3. The predicted octanol–water partition coefficient (Wildman–Crippen LogP) is 8.65. The van der Waals surface area contributed by atoms with E-state index >= 15 is 0 Å². The molecule has 0 amide bonds. The zero-order valence-corrected chi connectivity index (χ0v) is 25.7. The number of rotatable bonds is 22. The van der Waals surface area contributed by atoms with E-state index in [0.717, 1.165) is 13.1 Å². The van der Waals surface area contributed by atoms with Crippen LogP contribution in [0.15, 0.2) is 0 Å². The quantitative estimate of drug-likeness (QED) is 0.0572. The van der Waals surface area contributed by atoms with Crippen LogP contribution in [0.3, 0.4) is 0 Å². The molecule has 0 aromatic carbocycles. The Hall–Kier alpha value is 0.739. The standard InChI is InChI=1S/2C13H27NS2.Cu/c2*1-2-3-4-5-6-7-8-9-10-11-12-14-13(15)16;/h2*2-12H2,1H3,(H2,14,15,16);/q;;+2/p-2. The molecule has 0 aliphatic carbocycles. The SMILES string of the molecule is CCCCCCCCCCCCNC(=S)[S-].CCCCCCCCCCCCNC(=S)[S-].[Cu+2]. The fraction of sp³-hybridized carbons (Fsp3) is 0.923. The van der Waals surface area contributed by atoms with E-state index in [4.69, 9.17) is 49.7 Å². The van der Waals surface area contributed by atoms with Gasteiger partial charge in [-0.15, -0.1) is 0 Å². The van der Waals surface area contributed by atoms with Gasteiger partial charge in [0.05, 0.1) is 0 Å². The van der Waals surface area contributed by atoms with Gasteiger partial charge in [-0.3, -0.25) is 0 Å². The Bertz CT molecular complexity index is 362. The Kier molecular flexibility index (Phi) is 40.5. The van der Waals surface area contributed by atoms with Crippen LogP contribution in [0.5, 0.6) is 0 Å². The van der Waals surface area contributed by atoms with Crippen LogP contribution in [-0.2, 0) is 42.3 Å². The van der Waals surface area contributed by atoms with Crippen LogP contribution in [0, 0.1) is 0 Å². The van der Waals surface area contributed by atoms with Crippen molar-refractivity contribution in [2.75, 3.05) is 13.1 Å². The first-order chi connectivity index (χ1) is 15.5. The Balaban J connectivity index is -0.000000529. The van der Waals surface area contributed by atoms with Crippen molar-refractivity contribution in [3.05, 3.63) is 0 Å². The fourth-order valence-electron chi connectivity index (χ4n) is 3.61. The van der Waals surface area contributed by atoms with E-state index in [0.29, 0.717) is 8.64 Å². The van der Waals surface area contributed by atoms with Gasteiger partial charge in [0.1, 0.15) is 0 Å². The van der Waals surface area contributed by atoms with E-state index in [9.17, 15) is 0 Å². The molecule has 1 radical (unpaired) electrons. The van der Waals surface area contributed by atoms with Crippen molar-refractivity contribution in [1.29, 1.82) is 0 Å². The van der Waals surface area contributed by atoms with Crippen LogP contribution in [0.2, 0.25) is 0 Å². The summed E-state index contributed by atoms with van der Waals surface area (Å²) in [5.74, 6) is 0. The molecule has 0 rings (SSSR count). The molecule has 0 bridgehead atoms. The van der Waals surface area contributed by atoms with Crippen LogP contribution in [0.25, 0.3) is 0 Å². The summed E-state index contributed by atoms with van der Waals surface area (Å²) in [6.45, 7) is 6.45. The molecule has 2 N–H and O–H groups in total. The monoisotopic (exact) mass is 583 g/mol. The number of thiocarbonyl (C=S) groups is 2. The molecule has 0 aromatic rings. The summed E-state index contributed by atoms with van der Waals surface area (Å²) in [5.41, 5.74) is 0. The summed E-state index contributed by atoms with van der Waals surface area (Å²) >= 11 is 19.1. The molecule has 0 fully saturated rings. The zero-order chi connectivity index (χ0) is 24.1. The maximum absolute atomic E-state index is 4.77. The van der Waals surface area contributed by atoms with Gasteiger partial charge in [-0.1, -0.05) is 138 Å². The molecule has 0 saturated heterocycles. The molecule has 0 aliphatic heterocycles. The molecule has 0 aliphatic rings. The Morgan fingerprint density at radius 1 is 0.455 bits per heavy atom. The molecule has 0 saturated carbocycles. The molecule has 2 nitrogen and oxygen atoms in total. The van der Waals surface area contributed by atoms with Gasteiger partial charge < -0.3 is 60.3 Å². The van der Waals surface area contributed by atoms with Gasteiger partial charge >= 0.3 is 17.1 Å². The minimum atomic E-state index is 0. The third kappa shape index (κ3) is 43.3. The molecule has 7 heteroatoms. The molecule has 0 spiro atoms. The summed E-state index contributed by atoms with van der Waals surface area (Å²) in [6.07, 6.45) is 27.4. The third-order valence-corrected chi connectivity index (χ3v) is 6.18. The van der Waals surface area contributed by atoms with E-state index in [1.807, 2.05) is 0 Å². The molecule has 201 valence electrons. The van der Waals surface area contributed by atoms with Crippen molar-refractivity contribution in [2.24, 2.45) is 0 Å². The van der Waals surface area contributed by atoms with Gasteiger partial charge in [-0.2, -0.15) is 0 Å². The van der Waals surface area contributed by atoms with Crippen molar-refractivity contribution >= 4 is 58.3 Å². The van der Waals surface area contributed by atoms with Crippen molar-refractivity contribution in [2.45, 2.75) is 142 Å². The van der Waals surface area contributed by atoms with E-state index in [1.54, 1.807) is 0 Å². The topological polar surface area (TPSA) is 24.1 Å². The number of unbranched alkanes of at least 4 members (excludes halogenated alkanes) is 18. The van der Waals surface area contributed by atoms with Gasteiger partial charge in [0.25, 0.3) is 0 Å². The molecule has 0 atom stereocenters. The smallest absolute Gasteiger partial charge is 0.412 e. The summed E-state index contributed by atoms with van der Waals surface area (Å²) < 4.78 is 1.02. The Morgan fingerprint density at radius 2 is 0.667 bits per heavy atom. The number of nitrogens with one attached hydrogen (secondary N) is 2. The summed E-state index contributed by atoms with van der Waals surface area (Å²) in [6, 6.07) is 0. The number of hydrogen-bond acceptors (Lipinski definition) is 4. The van der Waals surface area contributed by atoms with Gasteiger partial charge in [-0.25, -0.2) is 0 Å². The van der Waals surface area contributed by atoms with Crippen LogP contribution in [-0.4, -0.2) is 21.7 Å². The molecule has 33 heavy (non-hydrogen) atoms. The fourth-order valence-corrected chi connectivity index (χ4v) is 4.01. The molecule has 0 unspecified atom stereocenters. The summed E-state index contributed by atoms with van der Waals surface area (Å²) in [7, 11) is 0. The minimum absolute atomic E-state index is 0. The number of hydrogen-bond donors (Lipinski definition) is 2. The Labute approximate surface area is 240 Å². The van der Waals surface area contributed by atoms with Crippen molar-refractivity contribution in [3.8, 4) is 0 Å². The van der Waals surface area contributed by atoms with Crippen LogP contribution in [0.4, 0.5) is 0 Å². The normalized spacial score (nSPS) is 10.0. The van der Waals surface area contributed by atoms with E-state index in [1.165, 1.54) is 128 Å². The second-order valence-corrected chi connectivity index (χ2v) is 10.9. The third-order valence-electron chi connectivity index (χ3n) is 5.60. The van der Waals surface area contributed by atoms with Crippen molar-refractivity contribution < 1.29 is 17.1 Å². The molecular weight excluding hydrogens is 532 g/mol. The zero-order valence-electron chi connectivity index (χ0n) is 21.5. The van der Waals surface area contributed by atoms with Crippen molar-refractivity contribution in [1.82, 2.24) is 10.6 Å².